The van der Waals surface area contributed by atoms with Gasteiger partial charge in [-0.05, 0) is 36.8 Å². The third-order valence-corrected chi connectivity index (χ3v) is 3.52. The quantitative estimate of drug-likeness (QED) is 0.455. The minimum absolute atomic E-state index is 0.738. The molecule has 4 nitrogen and oxygen atoms in total. The highest BCUT2D eigenvalue weighted by molar-refractivity contribution is 5.79. The highest BCUT2D eigenvalue weighted by Crippen LogP contribution is 2.28. The van der Waals surface area contributed by atoms with Crippen LogP contribution in [0.1, 0.15) is 24.0 Å². The molecule has 0 radical (unpaired) electrons. The summed E-state index contributed by atoms with van der Waals surface area (Å²) < 4.78 is 5.59. The van der Waals surface area contributed by atoms with Gasteiger partial charge in [0.2, 0.25) is 0 Å². The summed E-state index contributed by atoms with van der Waals surface area (Å²) in [6, 6.07) is 8.38. The molecule has 4 heteroatoms. The van der Waals surface area contributed by atoms with Gasteiger partial charge in [0.25, 0.3) is 0 Å². The predicted molar refractivity (Wildman–Crippen MR) is 82.9 cm³/mol. The van der Waals surface area contributed by atoms with Crippen LogP contribution in [0.2, 0.25) is 0 Å². The van der Waals surface area contributed by atoms with Crippen molar-refractivity contribution in [1.29, 1.82) is 0 Å². The lowest BCUT2D eigenvalue weighted by Crippen LogP contribution is -2.38. The van der Waals surface area contributed by atoms with E-state index in [0.717, 1.165) is 38.2 Å². The number of guanidine groups is 1. The second-order valence-electron chi connectivity index (χ2n) is 5.30. The van der Waals surface area contributed by atoms with Crippen molar-refractivity contribution in [2.45, 2.75) is 26.3 Å². The zero-order chi connectivity index (χ0) is 14.2. The summed E-state index contributed by atoms with van der Waals surface area (Å²) in [5, 5.41) is 6.59. The van der Waals surface area contributed by atoms with Gasteiger partial charge in [0.1, 0.15) is 0 Å². The molecule has 0 bridgehead atoms. The minimum Gasteiger partial charge on any atom is -0.379 e. The Morgan fingerprint density at radius 2 is 2.10 bits per heavy atom. The number of aryl methyl sites for hydroxylation is 1. The third kappa shape index (κ3) is 5.21. The molecule has 2 rings (SSSR count). The van der Waals surface area contributed by atoms with Gasteiger partial charge in [0.05, 0.1) is 6.61 Å². The zero-order valence-electron chi connectivity index (χ0n) is 12.5. The molecule has 0 aliphatic heterocycles. The zero-order valence-corrected chi connectivity index (χ0v) is 12.5. The van der Waals surface area contributed by atoms with Gasteiger partial charge in [-0.2, -0.15) is 0 Å². The van der Waals surface area contributed by atoms with Crippen LogP contribution < -0.4 is 10.6 Å². The molecule has 0 amide bonds. The van der Waals surface area contributed by atoms with E-state index in [1.165, 1.54) is 24.0 Å². The number of aliphatic imine (C=N–C) groups is 1. The molecule has 0 heterocycles. The van der Waals surface area contributed by atoms with E-state index in [9.17, 15) is 0 Å². The molecular weight excluding hydrogens is 250 g/mol. The topological polar surface area (TPSA) is 45.7 Å². The number of nitrogens with one attached hydrogen (secondary N) is 2. The maximum Gasteiger partial charge on any atom is 0.191 e. The van der Waals surface area contributed by atoms with E-state index < -0.39 is 0 Å². The van der Waals surface area contributed by atoms with Crippen molar-refractivity contribution < 1.29 is 4.74 Å². The lowest BCUT2D eigenvalue weighted by atomic mass is 10.1. The van der Waals surface area contributed by atoms with E-state index in [0.29, 0.717) is 0 Å². The van der Waals surface area contributed by atoms with E-state index in [1.54, 1.807) is 7.05 Å². The van der Waals surface area contributed by atoms with Crippen LogP contribution in [0.4, 0.5) is 0 Å². The van der Waals surface area contributed by atoms with Gasteiger partial charge >= 0.3 is 0 Å². The van der Waals surface area contributed by atoms with Gasteiger partial charge in [0, 0.05) is 26.7 Å². The van der Waals surface area contributed by atoms with Crippen LogP contribution in [0.25, 0.3) is 0 Å². The summed E-state index contributed by atoms with van der Waals surface area (Å²) in [7, 11) is 1.79. The Labute approximate surface area is 121 Å². The van der Waals surface area contributed by atoms with E-state index in [4.69, 9.17) is 4.74 Å². The second kappa shape index (κ2) is 7.90. The number of ether oxygens (including phenoxy) is 1. The third-order valence-electron chi connectivity index (χ3n) is 3.52. The first-order chi connectivity index (χ1) is 9.79. The van der Waals surface area contributed by atoms with Gasteiger partial charge in [-0.15, -0.1) is 0 Å². The summed E-state index contributed by atoms with van der Waals surface area (Å²) in [6.07, 6.45) is 2.68. The molecule has 0 saturated heterocycles. The molecule has 1 aliphatic carbocycles. The number of hydrogen-bond acceptors (Lipinski definition) is 2. The predicted octanol–water partition coefficient (Wildman–Crippen LogP) is 2.09. The average molecular weight is 275 g/mol. The van der Waals surface area contributed by atoms with Crippen LogP contribution in [-0.2, 0) is 11.3 Å². The second-order valence-corrected chi connectivity index (χ2v) is 5.30. The SMILES string of the molecule is CN=C(NCCOCC1CC1)NCc1ccccc1C. The van der Waals surface area contributed by atoms with Crippen molar-refractivity contribution >= 4 is 5.96 Å². The molecular formula is C16H25N3O. The molecule has 0 atom stereocenters. The number of hydrogen-bond donors (Lipinski definition) is 2. The van der Waals surface area contributed by atoms with Crippen LogP contribution in [0, 0.1) is 12.8 Å². The Hall–Kier alpha value is -1.55. The fourth-order valence-corrected chi connectivity index (χ4v) is 1.98. The fourth-order valence-electron chi connectivity index (χ4n) is 1.98. The number of nitrogens with zero attached hydrogens (tertiary/aromatic N) is 1. The summed E-state index contributed by atoms with van der Waals surface area (Å²) in [5.41, 5.74) is 2.59. The number of benzene rings is 1. The van der Waals surface area contributed by atoms with Gasteiger partial charge in [-0.1, -0.05) is 24.3 Å². The van der Waals surface area contributed by atoms with Gasteiger partial charge in [-0.25, -0.2) is 0 Å². The maximum atomic E-state index is 5.59. The molecule has 1 aromatic rings. The molecule has 1 fully saturated rings. The summed E-state index contributed by atoms with van der Waals surface area (Å²) in [5.74, 6) is 1.65. The highest BCUT2D eigenvalue weighted by atomic mass is 16.5. The van der Waals surface area contributed by atoms with Crippen molar-refractivity contribution in [3.05, 3.63) is 35.4 Å². The molecule has 0 aromatic heterocycles. The lowest BCUT2D eigenvalue weighted by molar-refractivity contribution is 0.129. The van der Waals surface area contributed by atoms with Crippen LogP contribution in [0.3, 0.4) is 0 Å². The summed E-state index contributed by atoms with van der Waals surface area (Å²) in [4.78, 5) is 4.22. The lowest BCUT2D eigenvalue weighted by Gasteiger charge is -2.13. The van der Waals surface area contributed by atoms with Crippen LogP contribution in [0.5, 0.6) is 0 Å². The van der Waals surface area contributed by atoms with E-state index in [2.05, 4.69) is 46.8 Å². The normalized spacial score (nSPS) is 15.2. The Morgan fingerprint density at radius 1 is 1.30 bits per heavy atom. The van der Waals surface area contributed by atoms with Crippen molar-refractivity contribution in [2.75, 3.05) is 26.8 Å². The maximum absolute atomic E-state index is 5.59. The smallest absolute Gasteiger partial charge is 0.191 e. The minimum atomic E-state index is 0.738. The Bertz CT molecular complexity index is 441. The van der Waals surface area contributed by atoms with Crippen LogP contribution in [-0.4, -0.2) is 32.8 Å². The first-order valence-electron chi connectivity index (χ1n) is 7.36. The molecule has 1 aliphatic rings. The van der Waals surface area contributed by atoms with Gasteiger partial charge < -0.3 is 15.4 Å². The monoisotopic (exact) mass is 275 g/mol. The first kappa shape index (κ1) is 14.9. The molecule has 0 spiro atoms. The fraction of sp³-hybridized carbons (Fsp3) is 0.562. The van der Waals surface area contributed by atoms with Crippen molar-refractivity contribution in [2.24, 2.45) is 10.9 Å². The highest BCUT2D eigenvalue weighted by Gasteiger charge is 2.20. The van der Waals surface area contributed by atoms with Crippen molar-refractivity contribution in [3.63, 3.8) is 0 Å². The van der Waals surface area contributed by atoms with E-state index in [-0.39, 0.29) is 0 Å². The molecule has 1 saturated carbocycles. The molecule has 1 aromatic carbocycles. The summed E-state index contributed by atoms with van der Waals surface area (Å²) >= 11 is 0. The first-order valence-corrected chi connectivity index (χ1v) is 7.36. The Kier molecular flexibility index (Phi) is 5.87. The van der Waals surface area contributed by atoms with Crippen LogP contribution >= 0.6 is 0 Å². The Morgan fingerprint density at radius 3 is 2.80 bits per heavy atom. The number of rotatable bonds is 7. The van der Waals surface area contributed by atoms with E-state index in [1.807, 2.05) is 0 Å². The average Bonchev–Trinajstić information content (AvgIpc) is 3.27. The molecule has 0 unspecified atom stereocenters. The standard InChI is InChI=1S/C16H25N3O/c1-13-5-3-4-6-15(13)11-19-16(17-2)18-9-10-20-12-14-7-8-14/h3-6,14H,7-12H2,1-2H3,(H2,17,18,19). The van der Waals surface area contributed by atoms with Crippen LogP contribution in [0.15, 0.2) is 29.3 Å². The largest absolute Gasteiger partial charge is 0.379 e. The van der Waals surface area contributed by atoms with Gasteiger partial charge in [-0.3, -0.25) is 4.99 Å². The molecule has 2 N–H and O–H groups in total. The summed E-state index contributed by atoms with van der Waals surface area (Å²) in [6.45, 7) is 5.35. The molecule has 110 valence electrons. The van der Waals surface area contributed by atoms with Gasteiger partial charge in [0.15, 0.2) is 5.96 Å². The Balaban J connectivity index is 1.63. The van der Waals surface area contributed by atoms with E-state index >= 15 is 0 Å². The molecule has 20 heavy (non-hydrogen) atoms. The van der Waals surface area contributed by atoms with Crippen molar-refractivity contribution in [1.82, 2.24) is 10.6 Å². The van der Waals surface area contributed by atoms with Crippen molar-refractivity contribution in [3.8, 4) is 0 Å².